The van der Waals surface area contributed by atoms with Gasteiger partial charge in [0.25, 0.3) is 5.91 Å². The molecule has 2 aromatic rings. The number of aryl methyl sites for hydroxylation is 1. The van der Waals surface area contributed by atoms with E-state index in [0.717, 1.165) is 17.6 Å². The molecule has 22 heavy (non-hydrogen) atoms. The van der Waals surface area contributed by atoms with Crippen molar-refractivity contribution in [1.82, 2.24) is 10.3 Å². The second kappa shape index (κ2) is 7.94. The largest absolute Gasteiger partial charge is 0.370 e. The van der Waals surface area contributed by atoms with Gasteiger partial charge in [-0.3, -0.25) is 9.78 Å². The monoisotopic (exact) mass is 361 g/mol. The third-order valence-electron chi connectivity index (χ3n) is 3.38. The van der Waals surface area contributed by atoms with Crippen LogP contribution in [0.3, 0.4) is 0 Å². The number of nitrogens with one attached hydrogen (secondary N) is 1. The van der Waals surface area contributed by atoms with Crippen molar-refractivity contribution in [1.29, 1.82) is 0 Å². The first-order valence-electron chi connectivity index (χ1n) is 7.30. The molecule has 0 aliphatic heterocycles. The Morgan fingerprint density at radius 2 is 2.14 bits per heavy atom. The van der Waals surface area contributed by atoms with Gasteiger partial charge in [-0.25, -0.2) is 0 Å². The number of halogens is 1. The molecule has 116 valence electrons. The van der Waals surface area contributed by atoms with Gasteiger partial charge < -0.3 is 10.2 Å². The van der Waals surface area contributed by atoms with Crippen LogP contribution in [0, 0.1) is 6.92 Å². The molecule has 1 aromatic heterocycles. The molecule has 0 fully saturated rings. The molecule has 0 spiro atoms. The lowest BCUT2D eigenvalue weighted by Crippen LogP contribution is -2.35. The topological polar surface area (TPSA) is 45.2 Å². The van der Waals surface area contributed by atoms with E-state index in [4.69, 9.17) is 0 Å². The standard InChI is InChI=1S/C17H20BrN3O/c1-3-21(16-6-4-5-13(2)9-16)8-7-20-17(22)14-10-15(18)12-19-11-14/h4-6,9-12H,3,7-8H2,1-2H3,(H,20,22). The maximum absolute atomic E-state index is 12.1. The molecule has 0 bridgehead atoms. The van der Waals surface area contributed by atoms with Crippen LogP contribution in [-0.2, 0) is 0 Å². The quantitative estimate of drug-likeness (QED) is 0.857. The lowest BCUT2D eigenvalue weighted by molar-refractivity contribution is 0.0954. The van der Waals surface area contributed by atoms with E-state index in [1.165, 1.54) is 11.3 Å². The Balaban J connectivity index is 1.90. The summed E-state index contributed by atoms with van der Waals surface area (Å²) in [6.07, 6.45) is 3.23. The molecule has 5 heteroatoms. The first-order valence-corrected chi connectivity index (χ1v) is 8.10. The highest BCUT2D eigenvalue weighted by Gasteiger charge is 2.08. The Hall–Kier alpha value is -1.88. The fourth-order valence-corrected chi connectivity index (χ4v) is 2.60. The predicted molar refractivity (Wildman–Crippen MR) is 93.3 cm³/mol. The minimum absolute atomic E-state index is 0.103. The fourth-order valence-electron chi connectivity index (χ4n) is 2.24. The highest BCUT2D eigenvalue weighted by Crippen LogP contribution is 2.15. The van der Waals surface area contributed by atoms with Gasteiger partial charge in [0.05, 0.1) is 5.56 Å². The van der Waals surface area contributed by atoms with E-state index >= 15 is 0 Å². The molecular formula is C17H20BrN3O. The van der Waals surface area contributed by atoms with Gasteiger partial charge in [-0.2, -0.15) is 0 Å². The lowest BCUT2D eigenvalue weighted by atomic mass is 10.2. The smallest absolute Gasteiger partial charge is 0.252 e. The van der Waals surface area contributed by atoms with E-state index in [2.05, 4.69) is 69.2 Å². The third-order valence-corrected chi connectivity index (χ3v) is 3.82. The van der Waals surface area contributed by atoms with Crippen LogP contribution in [0.5, 0.6) is 0 Å². The first-order chi connectivity index (χ1) is 10.6. The molecule has 4 nitrogen and oxygen atoms in total. The van der Waals surface area contributed by atoms with Crippen LogP contribution in [0.15, 0.2) is 47.2 Å². The highest BCUT2D eigenvalue weighted by molar-refractivity contribution is 9.10. The SMILES string of the molecule is CCN(CCNC(=O)c1cncc(Br)c1)c1cccc(C)c1. The molecule has 1 N–H and O–H groups in total. The molecule has 0 aliphatic rings. The van der Waals surface area contributed by atoms with Crippen molar-refractivity contribution < 1.29 is 4.79 Å². The summed E-state index contributed by atoms with van der Waals surface area (Å²) in [5.41, 5.74) is 2.98. The molecule has 0 unspecified atom stereocenters. The number of carbonyl (C=O) groups excluding carboxylic acids is 1. The summed E-state index contributed by atoms with van der Waals surface area (Å²) in [4.78, 5) is 18.3. The van der Waals surface area contributed by atoms with Crippen molar-refractivity contribution in [3.8, 4) is 0 Å². The number of rotatable bonds is 6. The van der Waals surface area contributed by atoms with Crippen LogP contribution in [0.25, 0.3) is 0 Å². The maximum atomic E-state index is 12.1. The van der Waals surface area contributed by atoms with E-state index in [0.29, 0.717) is 12.1 Å². The summed E-state index contributed by atoms with van der Waals surface area (Å²) in [7, 11) is 0. The van der Waals surface area contributed by atoms with Crippen LogP contribution in [0.1, 0.15) is 22.8 Å². The summed E-state index contributed by atoms with van der Waals surface area (Å²) < 4.78 is 0.801. The van der Waals surface area contributed by atoms with Crippen molar-refractivity contribution in [2.75, 3.05) is 24.5 Å². The van der Waals surface area contributed by atoms with Crippen molar-refractivity contribution in [2.24, 2.45) is 0 Å². The van der Waals surface area contributed by atoms with Crippen molar-refractivity contribution in [2.45, 2.75) is 13.8 Å². The molecule has 0 atom stereocenters. The third kappa shape index (κ3) is 4.56. The predicted octanol–water partition coefficient (Wildman–Crippen LogP) is 3.41. The van der Waals surface area contributed by atoms with Gasteiger partial charge in [0.15, 0.2) is 0 Å². The Labute approximate surface area is 139 Å². The molecule has 0 saturated heterocycles. The van der Waals surface area contributed by atoms with Gasteiger partial charge >= 0.3 is 0 Å². The van der Waals surface area contributed by atoms with Crippen LogP contribution < -0.4 is 10.2 Å². The van der Waals surface area contributed by atoms with Gasteiger partial charge in [-0.1, -0.05) is 12.1 Å². The number of carbonyl (C=O) groups is 1. The van der Waals surface area contributed by atoms with Crippen molar-refractivity contribution >= 4 is 27.5 Å². The Morgan fingerprint density at radius 1 is 1.32 bits per heavy atom. The zero-order valence-corrected chi connectivity index (χ0v) is 14.4. The zero-order chi connectivity index (χ0) is 15.9. The second-order valence-corrected chi connectivity index (χ2v) is 5.98. The summed E-state index contributed by atoms with van der Waals surface area (Å²) in [5, 5.41) is 2.93. The van der Waals surface area contributed by atoms with E-state index in [1.54, 1.807) is 18.5 Å². The van der Waals surface area contributed by atoms with Crippen LogP contribution >= 0.6 is 15.9 Å². The molecule has 1 aromatic carbocycles. The number of nitrogens with zero attached hydrogens (tertiary/aromatic N) is 2. The zero-order valence-electron chi connectivity index (χ0n) is 12.8. The number of anilines is 1. The van der Waals surface area contributed by atoms with E-state index in [1.807, 2.05) is 0 Å². The van der Waals surface area contributed by atoms with Crippen molar-refractivity contribution in [3.05, 3.63) is 58.3 Å². The molecule has 1 heterocycles. The van der Waals surface area contributed by atoms with E-state index in [9.17, 15) is 4.79 Å². The lowest BCUT2D eigenvalue weighted by Gasteiger charge is -2.23. The minimum Gasteiger partial charge on any atom is -0.370 e. The fraction of sp³-hybridized carbons (Fsp3) is 0.294. The first kappa shape index (κ1) is 16.5. The molecule has 0 saturated carbocycles. The number of likely N-dealkylation sites (N-methyl/N-ethyl adjacent to an activating group) is 1. The minimum atomic E-state index is -0.103. The summed E-state index contributed by atoms with van der Waals surface area (Å²) in [6.45, 7) is 6.46. The number of aromatic nitrogens is 1. The average molecular weight is 362 g/mol. The molecule has 1 amide bonds. The van der Waals surface area contributed by atoms with E-state index < -0.39 is 0 Å². The van der Waals surface area contributed by atoms with Gasteiger partial charge in [0.1, 0.15) is 0 Å². The Kier molecular flexibility index (Phi) is 5.95. The molecule has 0 aliphatic carbocycles. The van der Waals surface area contributed by atoms with Gasteiger partial charge in [0, 0.05) is 42.2 Å². The van der Waals surface area contributed by atoms with E-state index in [-0.39, 0.29) is 5.91 Å². The van der Waals surface area contributed by atoms with Gasteiger partial charge in [-0.15, -0.1) is 0 Å². The Bertz CT molecular complexity index is 645. The highest BCUT2D eigenvalue weighted by atomic mass is 79.9. The summed E-state index contributed by atoms with van der Waals surface area (Å²) in [6, 6.07) is 10.2. The number of benzene rings is 1. The maximum Gasteiger partial charge on any atom is 0.252 e. The molecule has 2 rings (SSSR count). The molecular weight excluding hydrogens is 342 g/mol. The number of hydrogen-bond acceptors (Lipinski definition) is 3. The normalized spacial score (nSPS) is 10.3. The van der Waals surface area contributed by atoms with Crippen molar-refractivity contribution in [3.63, 3.8) is 0 Å². The van der Waals surface area contributed by atoms with Gasteiger partial charge in [-0.05, 0) is 53.5 Å². The number of pyridine rings is 1. The second-order valence-electron chi connectivity index (χ2n) is 5.07. The van der Waals surface area contributed by atoms with Crippen LogP contribution in [0.4, 0.5) is 5.69 Å². The van der Waals surface area contributed by atoms with Crippen LogP contribution in [-0.4, -0.2) is 30.5 Å². The van der Waals surface area contributed by atoms with Crippen LogP contribution in [0.2, 0.25) is 0 Å². The summed E-state index contributed by atoms with van der Waals surface area (Å²) in [5.74, 6) is -0.103. The number of amides is 1. The average Bonchev–Trinajstić information content (AvgIpc) is 2.51. The Morgan fingerprint density at radius 3 is 2.82 bits per heavy atom. The molecule has 0 radical (unpaired) electrons. The van der Waals surface area contributed by atoms with Gasteiger partial charge in [0.2, 0.25) is 0 Å². The number of hydrogen-bond donors (Lipinski definition) is 1. The summed E-state index contributed by atoms with van der Waals surface area (Å²) >= 11 is 3.32.